The Kier molecular flexibility index (Phi) is 8.92. The lowest BCUT2D eigenvalue weighted by molar-refractivity contribution is -0.0920. The quantitative estimate of drug-likeness (QED) is 0.359. The Hall–Kier alpha value is -1.94. The summed E-state index contributed by atoms with van der Waals surface area (Å²) in [5, 5.41) is 8.75. The van der Waals surface area contributed by atoms with E-state index in [-0.39, 0.29) is 6.10 Å². The second-order valence-electron chi connectivity index (χ2n) is 10.1. The van der Waals surface area contributed by atoms with Crippen molar-refractivity contribution in [2.45, 2.75) is 90.6 Å². The highest BCUT2D eigenvalue weighted by Crippen LogP contribution is 2.40. The SMILES string of the molecule is CCc1cc(-c2cn(CCC3COCCO3)nn2)ccc1C#C[Si](C(C)C)(C(C)C)C(C)C. The van der Waals surface area contributed by atoms with Crippen molar-refractivity contribution in [1.82, 2.24) is 15.0 Å². The predicted molar refractivity (Wildman–Crippen MR) is 138 cm³/mol. The van der Waals surface area contributed by atoms with E-state index in [2.05, 4.69) is 88.4 Å². The van der Waals surface area contributed by atoms with Crippen LogP contribution in [0.25, 0.3) is 11.3 Å². The Labute approximate surface area is 201 Å². The molecule has 0 spiro atoms. The predicted octanol–water partition coefficient (Wildman–Crippen LogP) is 5.88. The van der Waals surface area contributed by atoms with E-state index in [0.717, 1.165) is 36.2 Å². The Morgan fingerprint density at radius 2 is 1.82 bits per heavy atom. The molecule has 3 rings (SSSR count). The van der Waals surface area contributed by atoms with E-state index in [1.54, 1.807) is 0 Å². The number of benzene rings is 1. The number of hydrogen-bond donors (Lipinski definition) is 0. The minimum absolute atomic E-state index is 0.147. The van der Waals surface area contributed by atoms with Crippen LogP contribution in [0.5, 0.6) is 0 Å². The van der Waals surface area contributed by atoms with E-state index in [9.17, 15) is 0 Å². The average Bonchev–Trinajstić information content (AvgIpc) is 3.27. The maximum Gasteiger partial charge on any atom is 0.146 e. The number of hydrogen-bond acceptors (Lipinski definition) is 4. The van der Waals surface area contributed by atoms with Gasteiger partial charge in [0.2, 0.25) is 0 Å². The van der Waals surface area contributed by atoms with Crippen LogP contribution in [0.15, 0.2) is 24.4 Å². The van der Waals surface area contributed by atoms with Crippen LogP contribution < -0.4 is 0 Å². The molecule has 0 bridgehead atoms. The molecule has 1 unspecified atom stereocenters. The van der Waals surface area contributed by atoms with Crippen molar-refractivity contribution >= 4 is 8.07 Å². The summed E-state index contributed by atoms with van der Waals surface area (Å²) in [7, 11) is -1.75. The summed E-state index contributed by atoms with van der Waals surface area (Å²) < 4.78 is 13.1. The van der Waals surface area contributed by atoms with Crippen LogP contribution in [-0.4, -0.2) is 49.0 Å². The molecule has 0 N–H and O–H groups in total. The van der Waals surface area contributed by atoms with E-state index in [1.807, 2.05) is 10.9 Å². The van der Waals surface area contributed by atoms with Gasteiger partial charge in [-0.05, 0) is 47.2 Å². The van der Waals surface area contributed by atoms with Crippen LogP contribution in [0.4, 0.5) is 0 Å². The van der Waals surface area contributed by atoms with Gasteiger partial charge in [0.25, 0.3) is 0 Å². The fraction of sp³-hybridized carbons (Fsp3) is 0.630. The maximum atomic E-state index is 5.73. The smallest absolute Gasteiger partial charge is 0.146 e. The molecule has 5 nitrogen and oxygen atoms in total. The van der Waals surface area contributed by atoms with Gasteiger partial charge in [0, 0.05) is 17.7 Å². The molecule has 33 heavy (non-hydrogen) atoms. The molecule has 180 valence electrons. The minimum atomic E-state index is -1.75. The average molecular weight is 468 g/mol. The highest BCUT2D eigenvalue weighted by atomic mass is 28.3. The van der Waals surface area contributed by atoms with Crippen molar-refractivity contribution < 1.29 is 9.47 Å². The third-order valence-corrected chi connectivity index (χ3v) is 13.5. The van der Waals surface area contributed by atoms with Crippen molar-refractivity contribution in [2.75, 3.05) is 19.8 Å². The van der Waals surface area contributed by atoms with Crippen molar-refractivity contribution in [3.63, 3.8) is 0 Å². The maximum absolute atomic E-state index is 5.73. The summed E-state index contributed by atoms with van der Waals surface area (Å²) >= 11 is 0. The van der Waals surface area contributed by atoms with E-state index in [0.29, 0.717) is 36.4 Å². The molecule has 2 heterocycles. The molecule has 0 saturated carbocycles. The summed E-state index contributed by atoms with van der Waals surface area (Å²) in [5.41, 5.74) is 10.2. The van der Waals surface area contributed by atoms with E-state index >= 15 is 0 Å². The molecule has 1 aromatic heterocycles. The van der Waals surface area contributed by atoms with Gasteiger partial charge in [0.1, 0.15) is 13.8 Å². The molecule has 0 aliphatic carbocycles. The molecule has 0 amide bonds. The van der Waals surface area contributed by atoms with Crippen LogP contribution in [0.3, 0.4) is 0 Å². The first kappa shape index (κ1) is 25.7. The Morgan fingerprint density at radius 3 is 2.42 bits per heavy atom. The molecular weight excluding hydrogens is 426 g/mol. The van der Waals surface area contributed by atoms with Crippen molar-refractivity contribution in [3.8, 4) is 22.7 Å². The lowest BCUT2D eigenvalue weighted by atomic mass is 10.0. The number of aryl methyl sites for hydroxylation is 2. The van der Waals surface area contributed by atoms with Crippen molar-refractivity contribution in [3.05, 3.63) is 35.5 Å². The number of nitrogens with zero attached hydrogens (tertiary/aromatic N) is 3. The molecular formula is C27H41N3O2Si. The molecule has 1 aliphatic heterocycles. The Bertz CT molecular complexity index is 943. The first-order valence-electron chi connectivity index (χ1n) is 12.5. The lowest BCUT2D eigenvalue weighted by Crippen LogP contribution is -2.43. The van der Waals surface area contributed by atoms with E-state index in [1.165, 1.54) is 5.56 Å². The van der Waals surface area contributed by atoms with Gasteiger partial charge in [-0.3, -0.25) is 4.68 Å². The Morgan fingerprint density at radius 1 is 1.09 bits per heavy atom. The standard InChI is InChI=1S/C27H41N3O2Si/c1-8-23-17-25(27-18-30(29-28-27)13-11-26-19-31-14-15-32-26)10-9-24(23)12-16-33(20(2)3,21(4)5)22(6)7/h9-10,17-18,20-22,26H,8,11,13-15,19H2,1-7H3. The van der Waals surface area contributed by atoms with E-state index < -0.39 is 8.07 Å². The fourth-order valence-electron chi connectivity index (χ4n) is 5.30. The van der Waals surface area contributed by atoms with Crippen molar-refractivity contribution in [1.29, 1.82) is 0 Å². The summed E-state index contributed by atoms with van der Waals surface area (Å²) in [5.74, 6) is 3.63. The number of ether oxygens (including phenoxy) is 2. The van der Waals surface area contributed by atoms with Gasteiger partial charge in [-0.15, -0.1) is 10.6 Å². The third-order valence-electron chi connectivity index (χ3n) is 7.17. The zero-order valence-corrected chi connectivity index (χ0v) is 22.5. The first-order chi connectivity index (χ1) is 15.8. The summed E-state index contributed by atoms with van der Waals surface area (Å²) in [4.78, 5) is 0. The van der Waals surface area contributed by atoms with Crippen LogP contribution in [0.2, 0.25) is 16.6 Å². The van der Waals surface area contributed by atoms with Gasteiger partial charge >= 0.3 is 0 Å². The monoisotopic (exact) mass is 467 g/mol. The molecule has 1 atom stereocenters. The number of aromatic nitrogens is 3. The van der Waals surface area contributed by atoms with Crippen molar-refractivity contribution in [2.24, 2.45) is 0 Å². The lowest BCUT2D eigenvalue weighted by Gasteiger charge is -2.38. The topological polar surface area (TPSA) is 49.2 Å². The third kappa shape index (κ3) is 5.95. The molecule has 1 fully saturated rings. The van der Waals surface area contributed by atoms with Gasteiger partial charge in [0.05, 0.1) is 32.1 Å². The fourth-order valence-corrected chi connectivity index (χ4v) is 10.5. The van der Waals surface area contributed by atoms with Crippen LogP contribution >= 0.6 is 0 Å². The summed E-state index contributed by atoms with van der Waals surface area (Å²) in [6, 6.07) is 6.55. The van der Waals surface area contributed by atoms with Crippen LogP contribution in [-0.2, 0) is 22.4 Å². The molecule has 6 heteroatoms. The highest BCUT2D eigenvalue weighted by molar-refractivity contribution is 6.90. The molecule has 0 radical (unpaired) electrons. The zero-order chi connectivity index (χ0) is 24.0. The van der Waals surface area contributed by atoms with Crippen LogP contribution in [0.1, 0.15) is 66.0 Å². The minimum Gasteiger partial charge on any atom is -0.376 e. The highest BCUT2D eigenvalue weighted by Gasteiger charge is 2.41. The van der Waals surface area contributed by atoms with E-state index in [4.69, 9.17) is 9.47 Å². The Balaban J connectivity index is 1.79. The van der Waals surface area contributed by atoms with Gasteiger partial charge in [-0.1, -0.05) is 65.7 Å². The molecule has 1 aromatic carbocycles. The molecule has 2 aromatic rings. The summed E-state index contributed by atoms with van der Waals surface area (Å²) in [6.07, 6.45) is 4.00. The van der Waals surface area contributed by atoms with Crippen LogP contribution in [0, 0.1) is 11.5 Å². The molecule has 1 saturated heterocycles. The zero-order valence-electron chi connectivity index (χ0n) is 21.5. The number of rotatable bonds is 8. The first-order valence-corrected chi connectivity index (χ1v) is 14.8. The second kappa shape index (κ2) is 11.5. The van der Waals surface area contributed by atoms with Gasteiger partial charge in [-0.2, -0.15) is 0 Å². The van der Waals surface area contributed by atoms with Gasteiger partial charge in [-0.25, -0.2) is 0 Å². The van der Waals surface area contributed by atoms with Gasteiger partial charge in [0.15, 0.2) is 0 Å². The summed E-state index contributed by atoms with van der Waals surface area (Å²) in [6.45, 7) is 19.2. The normalized spacial score (nSPS) is 17.0. The van der Waals surface area contributed by atoms with Gasteiger partial charge < -0.3 is 9.47 Å². The largest absolute Gasteiger partial charge is 0.376 e. The second-order valence-corrected chi connectivity index (χ2v) is 15.7. The molecule has 1 aliphatic rings.